The number of nitrogens with zero attached hydrogens (tertiary/aromatic N) is 2. The number of carbonyl (C=O) groups is 1. The molecular formula is C12H19N3O2. The van der Waals surface area contributed by atoms with Crippen LogP contribution in [0.1, 0.15) is 41.9 Å². The molecule has 94 valence electrons. The van der Waals surface area contributed by atoms with Gasteiger partial charge in [0.25, 0.3) is 0 Å². The number of nitrogens with one attached hydrogen (secondary N) is 1. The van der Waals surface area contributed by atoms with E-state index in [1.165, 1.54) is 0 Å². The number of hydrogen-bond acceptors (Lipinski definition) is 4. The van der Waals surface area contributed by atoms with Crippen LogP contribution in [0.5, 0.6) is 0 Å². The minimum atomic E-state index is -0.326. The number of aromatic nitrogens is 2. The normalized spacial score (nSPS) is 20.2. The smallest absolute Gasteiger partial charge is 0.359 e. The third kappa shape index (κ3) is 2.66. The van der Waals surface area contributed by atoms with Gasteiger partial charge in [0.05, 0.1) is 12.6 Å². The van der Waals surface area contributed by atoms with Crippen molar-refractivity contribution in [1.82, 2.24) is 15.1 Å². The second-order valence-corrected chi connectivity index (χ2v) is 4.36. The fourth-order valence-electron chi connectivity index (χ4n) is 2.13. The molecule has 0 amide bonds. The summed E-state index contributed by atoms with van der Waals surface area (Å²) in [6.45, 7) is 6.07. The standard InChI is InChI=1S/C12H19N3O2/c1-3-17-12(16)11-9(2)8-15(14-11)10-5-4-6-13-7-10/h8,10,13H,3-7H2,1-2H3. The third-order valence-electron chi connectivity index (χ3n) is 3.03. The Kier molecular flexibility index (Phi) is 3.78. The van der Waals surface area contributed by atoms with Gasteiger partial charge in [0.2, 0.25) is 0 Å². The van der Waals surface area contributed by atoms with Crippen molar-refractivity contribution in [2.45, 2.75) is 32.7 Å². The Morgan fingerprint density at radius 1 is 1.71 bits per heavy atom. The molecule has 1 aliphatic heterocycles. The fraction of sp³-hybridized carbons (Fsp3) is 0.667. The lowest BCUT2D eigenvalue weighted by Gasteiger charge is -2.22. The molecule has 5 nitrogen and oxygen atoms in total. The summed E-state index contributed by atoms with van der Waals surface area (Å²) in [4.78, 5) is 11.6. The van der Waals surface area contributed by atoms with E-state index in [0.29, 0.717) is 18.3 Å². The van der Waals surface area contributed by atoms with Crippen molar-refractivity contribution in [3.8, 4) is 0 Å². The second kappa shape index (κ2) is 5.31. The van der Waals surface area contributed by atoms with Crippen LogP contribution in [-0.2, 0) is 4.74 Å². The van der Waals surface area contributed by atoms with Gasteiger partial charge in [0, 0.05) is 18.3 Å². The largest absolute Gasteiger partial charge is 0.461 e. The van der Waals surface area contributed by atoms with E-state index in [2.05, 4.69) is 10.4 Å². The van der Waals surface area contributed by atoms with Crippen LogP contribution in [-0.4, -0.2) is 35.4 Å². The zero-order valence-electron chi connectivity index (χ0n) is 10.4. The maximum Gasteiger partial charge on any atom is 0.359 e. The van der Waals surface area contributed by atoms with Gasteiger partial charge in [-0.3, -0.25) is 4.68 Å². The van der Waals surface area contributed by atoms with Crippen molar-refractivity contribution in [2.24, 2.45) is 0 Å². The fourth-order valence-corrected chi connectivity index (χ4v) is 2.13. The SMILES string of the molecule is CCOC(=O)c1nn(C2CCCNC2)cc1C. The Bertz CT molecular complexity index is 394. The number of piperidine rings is 1. The number of hydrogen-bond donors (Lipinski definition) is 1. The van der Waals surface area contributed by atoms with Gasteiger partial charge in [-0.05, 0) is 33.2 Å². The van der Waals surface area contributed by atoms with E-state index in [-0.39, 0.29) is 5.97 Å². The highest BCUT2D eigenvalue weighted by Gasteiger charge is 2.20. The van der Waals surface area contributed by atoms with E-state index >= 15 is 0 Å². The van der Waals surface area contributed by atoms with Gasteiger partial charge in [0.15, 0.2) is 5.69 Å². The molecule has 0 aromatic carbocycles. The summed E-state index contributed by atoms with van der Waals surface area (Å²) in [5.74, 6) is -0.326. The molecule has 1 atom stereocenters. The van der Waals surface area contributed by atoms with Crippen LogP contribution in [0.3, 0.4) is 0 Å². The van der Waals surface area contributed by atoms with E-state index in [4.69, 9.17) is 4.74 Å². The summed E-state index contributed by atoms with van der Waals surface area (Å²) in [6.07, 6.45) is 4.19. The quantitative estimate of drug-likeness (QED) is 0.805. The first-order valence-electron chi connectivity index (χ1n) is 6.16. The summed E-state index contributed by atoms with van der Waals surface area (Å²) < 4.78 is 6.88. The molecule has 1 aromatic rings. The van der Waals surface area contributed by atoms with Gasteiger partial charge in [0.1, 0.15) is 0 Å². The summed E-state index contributed by atoms with van der Waals surface area (Å²) in [7, 11) is 0. The first-order chi connectivity index (χ1) is 8.22. The van der Waals surface area contributed by atoms with Crippen molar-refractivity contribution in [3.63, 3.8) is 0 Å². The van der Waals surface area contributed by atoms with Gasteiger partial charge in [-0.25, -0.2) is 4.79 Å². The van der Waals surface area contributed by atoms with Crippen LogP contribution in [0.2, 0.25) is 0 Å². The lowest BCUT2D eigenvalue weighted by atomic mass is 10.1. The maximum atomic E-state index is 11.6. The van der Waals surface area contributed by atoms with E-state index in [9.17, 15) is 4.79 Å². The molecule has 1 unspecified atom stereocenters. The van der Waals surface area contributed by atoms with Crippen LogP contribution in [0.25, 0.3) is 0 Å². The lowest BCUT2D eigenvalue weighted by molar-refractivity contribution is 0.0517. The highest BCUT2D eigenvalue weighted by Crippen LogP contribution is 2.18. The van der Waals surface area contributed by atoms with Crippen molar-refractivity contribution in [3.05, 3.63) is 17.5 Å². The predicted octanol–water partition coefficient (Wildman–Crippen LogP) is 1.29. The molecule has 0 radical (unpaired) electrons. The second-order valence-electron chi connectivity index (χ2n) is 4.36. The van der Waals surface area contributed by atoms with Crippen molar-refractivity contribution < 1.29 is 9.53 Å². The van der Waals surface area contributed by atoms with Crippen LogP contribution >= 0.6 is 0 Å². The zero-order chi connectivity index (χ0) is 12.3. The Morgan fingerprint density at radius 2 is 2.53 bits per heavy atom. The molecule has 2 heterocycles. The third-order valence-corrected chi connectivity index (χ3v) is 3.03. The molecule has 0 aliphatic carbocycles. The Morgan fingerprint density at radius 3 is 3.18 bits per heavy atom. The lowest BCUT2D eigenvalue weighted by Crippen LogP contribution is -2.32. The average Bonchev–Trinajstić information content (AvgIpc) is 2.73. The van der Waals surface area contributed by atoms with E-state index in [1.54, 1.807) is 6.92 Å². The molecule has 1 saturated heterocycles. The van der Waals surface area contributed by atoms with E-state index in [1.807, 2.05) is 17.8 Å². The first-order valence-corrected chi connectivity index (χ1v) is 6.16. The number of ether oxygens (including phenoxy) is 1. The number of aryl methyl sites for hydroxylation is 1. The Hall–Kier alpha value is -1.36. The molecule has 0 saturated carbocycles. The molecular weight excluding hydrogens is 218 g/mol. The van der Waals surface area contributed by atoms with Crippen LogP contribution < -0.4 is 5.32 Å². The van der Waals surface area contributed by atoms with Crippen LogP contribution in [0.4, 0.5) is 0 Å². The molecule has 5 heteroatoms. The molecule has 2 rings (SSSR count). The van der Waals surface area contributed by atoms with E-state index < -0.39 is 0 Å². The molecule has 0 spiro atoms. The van der Waals surface area contributed by atoms with Crippen molar-refractivity contribution in [1.29, 1.82) is 0 Å². The summed E-state index contributed by atoms with van der Waals surface area (Å²) in [5, 5.41) is 7.69. The minimum Gasteiger partial charge on any atom is -0.461 e. The number of rotatable bonds is 3. The first kappa shape index (κ1) is 12.1. The van der Waals surface area contributed by atoms with Crippen molar-refractivity contribution in [2.75, 3.05) is 19.7 Å². The summed E-state index contributed by atoms with van der Waals surface area (Å²) in [6, 6.07) is 0.352. The Labute approximate surface area is 101 Å². The van der Waals surface area contributed by atoms with Gasteiger partial charge < -0.3 is 10.1 Å². The molecule has 1 N–H and O–H groups in total. The molecule has 1 aliphatic rings. The maximum absolute atomic E-state index is 11.6. The number of esters is 1. The van der Waals surface area contributed by atoms with Crippen molar-refractivity contribution >= 4 is 5.97 Å². The van der Waals surface area contributed by atoms with Gasteiger partial charge >= 0.3 is 5.97 Å². The average molecular weight is 237 g/mol. The summed E-state index contributed by atoms with van der Waals surface area (Å²) in [5.41, 5.74) is 1.33. The van der Waals surface area contributed by atoms with Gasteiger partial charge in [-0.15, -0.1) is 0 Å². The molecule has 1 aromatic heterocycles. The predicted molar refractivity (Wildman–Crippen MR) is 64.1 cm³/mol. The number of carbonyl (C=O) groups excluding carboxylic acids is 1. The van der Waals surface area contributed by atoms with Gasteiger partial charge in [-0.2, -0.15) is 5.10 Å². The highest BCUT2D eigenvalue weighted by molar-refractivity contribution is 5.88. The molecule has 17 heavy (non-hydrogen) atoms. The monoisotopic (exact) mass is 237 g/mol. The Balaban J connectivity index is 2.14. The topological polar surface area (TPSA) is 56.1 Å². The molecule has 1 fully saturated rings. The summed E-state index contributed by atoms with van der Waals surface area (Å²) >= 11 is 0. The van der Waals surface area contributed by atoms with Crippen LogP contribution in [0.15, 0.2) is 6.20 Å². The van der Waals surface area contributed by atoms with E-state index in [0.717, 1.165) is 31.5 Å². The van der Waals surface area contributed by atoms with Crippen LogP contribution in [0, 0.1) is 6.92 Å². The zero-order valence-corrected chi connectivity index (χ0v) is 10.4. The van der Waals surface area contributed by atoms with Gasteiger partial charge in [-0.1, -0.05) is 0 Å². The molecule has 0 bridgehead atoms. The minimum absolute atomic E-state index is 0.326. The highest BCUT2D eigenvalue weighted by atomic mass is 16.5.